The molecule has 6 nitrogen and oxygen atoms in total. The molecule has 0 amide bonds. The molecule has 0 N–H and O–H groups in total. The van der Waals surface area contributed by atoms with E-state index >= 15 is 0 Å². The molecule has 24 heavy (non-hydrogen) atoms. The van der Waals surface area contributed by atoms with E-state index in [0.29, 0.717) is 23.5 Å². The van der Waals surface area contributed by atoms with Crippen LogP contribution in [0.3, 0.4) is 0 Å². The van der Waals surface area contributed by atoms with E-state index in [1.54, 1.807) is 6.07 Å². The Kier molecular flexibility index (Phi) is 3.49. The van der Waals surface area contributed by atoms with Gasteiger partial charge in [-0.2, -0.15) is 0 Å². The van der Waals surface area contributed by atoms with Gasteiger partial charge in [0.1, 0.15) is 18.0 Å². The number of hydrogen-bond acceptors (Lipinski definition) is 6. The Bertz CT molecular complexity index is 999. The summed E-state index contributed by atoms with van der Waals surface area (Å²) < 4.78 is 16.1. The highest BCUT2D eigenvalue weighted by molar-refractivity contribution is 5.93. The number of furan rings is 1. The summed E-state index contributed by atoms with van der Waals surface area (Å²) in [6, 6.07) is 11.2. The van der Waals surface area contributed by atoms with Gasteiger partial charge in [-0.05, 0) is 24.6 Å². The van der Waals surface area contributed by atoms with E-state index in [0.717, 1.165) is 22.0 Å². The molecular weight excluding hydrogens is 308 g/mol. The minimum atomic E-state index is -0.465. The molecule has 3 heterocycles. The normalized spacial score (nSPS) is 11.2. The monoisotopic (exact) mass is 322 g/mol. The van der Waals surface area contributed by atoms with E-state index in [1.807, 2.05) is 37.3 Å². The fourth-order valence-electron chi connectivity index (χ4n) is 2.57. The standard InChI is InChI=1S/C18H14N2O4/c1-2-15-14-8-12(9-19-17(14)24-20-15)18(21)22-10-13-7-11-5-3-4-6-16(11)23-13/h3-9H,2,10H2,1H3. The molecule has 1 aromatic carbocycles. The number of rotatable bonds is 4. The molecule has 4 rings (SSSR count). The number of ether oxygens (including phenoxy) is 1. The summed E-state index contributed by atoms with van der Waals surface area (Å²) in [4.78, 5) is 16.4. The summed E-state index contributed by atoms with van der Waals surface area (Å²) >= 11 is 0. The zero-order chi connectivity index (χ0) is 16.5. The van der Waals surface area contributed by atoms with Gasteiger partial charge in [0.25, 0.3) is 5.71 Å². The number of carbonyl (C=O) groups excluding carboxylic acids is 1. The van der Waals surface area contributed by atoms with Crippen LogP contribution < -0.4 is 0 Å². The molecule has 0 bridgehead atoms. The van der Waals surface area contributed by atoms with Gasteiger partial charge >= 0.3 is 5.97 Å². The van der Waals surface area contributed by atoms with Crippen molar-refractivity contribution in [2.45, 2.75) is 20.0 Å². The molecular formula is C18H14N2O4. The first-order valence-electron chi connectivity index (χ1n) is 7.63. The summed E-state index contributed by atoms with van der Waals surface area (Å²) in [6.45, 7) is 2.03. The lowest BCUT2D eigenvalue weighted by Gasteiger charge is -2.02. The molecule has 0 fully saturated rings. The van der Waals surface area contributed by atoms with E-state index in [4.69, 9.17) is 13.7 Å². The minimum absolute atomic E-state index is 0.0653. The summed E-state index contributed by atoms with van der Waals surface area (Å²) in [5.41, 5.74) is 2.31. The molecule has 0 saturated carbocycles. The fourth-order valence-corrected chi connectivity index (χ4v) is 2.57. The second kappa shape index (κ2) is 5.81. The predicted octanol–water partition coefficient (Wildman–Crippen LogP) is 3.89. The van der Waals surface area contributed by atoms with Crippen molar-refractivity contribution in [1.82, 2.24) is 10.1 Å². The topological polar surface area (TPSA) is 78.4 Å². The third-order valence-corrected chi connectivity index (χ3v) is 3.80. The lowest BCUT2D eigenvalue weighted by atomic mass is 10.2. The van der Waals surface area contributed by atoms with E-state index < -0.39 is 5.97 Å². The maximum absolute atomic E-state index is 12.2. The van der Waals surface area contributed by atoms with E-state index in [9.17, 15) is 4.79 Å². The fraction of sp³-hybridized carbons (Fsp3) is 0.167. The number of aromatic nitrogens is 2. The largest absolute Gasteiger partial charge is 0.457 e. The van der Waals surface area contributed by atoms with Gasteiger partial charge in [-0.1, -0.05) is 30.3 Å². The maximum atomic E-state index is 12.2. The molecule has 0 atom stereocenters. The van der Waals surface area contributed by atoms with Crippen molar-refractivity contribution in [3.63, 3.8) is 0 Å². The van der Waals surface area contributed by atoms with E-state index in [2.05, 4.69) is 10.1 Å². The SMILES string of the molecule is CCc1noc2ncc(C(=O)OCc3cc4ccccc4o3)cc12. The van der Waals surface area contributed by atoms with Crippen LogP contribution in [0.4, 0.5) is 0 Å². The van der Waals surface area contributed by atoms with Gasteiger partial charge in [0.15, 0.2) is 0 Å². The van der Waals surface area contributed by atoms with Crippen molar-refractivity contribution < 1.29 is 18.5 Å². The number of benzene rings is 1. The average molecular weight is 322 g/mol. The highest BCUT2D eigenvalue weighted by Crippen LogP contribution is 2.21. The zero-order valence-electron chi connectivity index (χ0n) is 13.0. The molecule has 3 aromatic heterocycles. The Hall–Kier alpha value is -3.15. The zero-order valence-corrected chi connectivity index (χ0v) is 13.0. The number of aryl methyl sites for hydroxylation is 1. The van der Waals surface area contributed by atoms with Gasteiger partial charge in [-0.3, -0.25) is 0 Å². The van der Waals surface area contributed by atoms with Crippen LogP contribution in [0.5, 0.6) is 0 Å². The summed E-state index contributed by atoms with van der Waals surface area (Å²) in [5.74, 6) is 0.130. The van der Waals surface area contributed by atoms with Crippen LogP contribution in [-0.4, -0.2) is 16.1 Å². The van der Waals surface area contributed by atoms with Gasteiger partial charge in [-0.15, -0.1) is 0 Å². The van der Waals surface area contributed by atoms with Gasteiger partial charge < -0.3 is 13.7 Å². The van der Waals surface area contributed by atoms with Crippen LogP contribution in [0.15, 0.2) is 51.5 Å². The van der Waals surface area contributed by atoms with Gasteiger partial charge in [0.05, 0.1) is 16.6 Å². The third-order valence-electron chi connectivity index (χ3n) is 3.80. The molecule has 0 aliphatic carbocycles. The van der Waals surface area contributed by atoms with Crippen molar-refractivity contribution >= 4 is 28.0 Å². The van der Waals surface area contributed by atoms with Crippen LogP contribution in [0, 0.1) is 0 Å². The van der Waals surface area contributed by atoms with E-state index in [1.165, 1.54) is 6.20 Å². The first-order valence-corrected chi connectivity index (χ1v) is 7.63. The molecule has 120 valence electrons. The Balaban J connectivity index is 1.53. The smallest absolute Gasteiger partial charge is 0.340 e. The quantitative estimate of drug-likeness (QED) is 0.530. The molecule has 0 saturated heterocycles. The average Bonchev–Trinajstić information content (AvgIpc) is 3.22. The number of fused-ring (bicyclic) bond motifs is 2. The third kappa shape index (κ3) is 2.52. The molecule has 0 radical (unpaired) electrons. The van der Waals surface area contributed by atoms with Gasteiger partial charge in [0.2, 0.25) is 0 Å². The van der Waals surface area contributed by atoms with Crippen LogP contribution in [-0.2, 0) is 17.8 Å². The van der Waals surface area contributed by atoms with Crippen molar-refractivity contribution in [2.75, 3.05) is 0 Å². The Morgan fingerprint density at radius 3 is 2.96 bits per heavy atom. The second-order valence-electron chi connectivity index (χ2n) is 5.39. The summed E-state index contributed by atoms with van der Waals surface area (Å²) in [7, 11) is 0. The Morgan fingerprint density at radius 1 is 1.25 bits per heavy atom. The first-order chi connectivity index (χ1) is 11.7. The number of carbonyl (C=O) groups is 1. The molecule has 0 aliphatic heterocycles. The number of pyridine rings is 1. The molecule has 4 aromatic rings. The Morgan fingerprint density at radius 2 is 2.12 bits per heavy atom. The van der Waals surface area contributed by atoms with Gasteiger partial charge in [-0.25, -0.2) is 9.78 Å². The lowest BCUT2D eigenvalue weighted by Crippen LogP contribution is -2.05. The number of nitrogens with zero attached hydrogens (tertiary/aromatic N) is 2. The van der Waals surface area contributed by atoms with E-state index in [-0.39, 0.29) is 6.61 Å². The molecule has 0 spiro atoms. The maximum Gasteiger partial charge on any atom is 0.340 e. The number of hydrogen-bond donors (Lipinski definition) is 0. The van der Waals surface area contributed by atoms with Crippen LogP contribution in [0.2, 0.25) is 0 Å². The highest BCUT2D eigenvalue weighted by Gasteiger charge is 2.14. The molecule has 0 aliphatic rings. The second-order valence-corrected chi connectivity index (χ2v) is 5.39. The van der Waals surface area contributed by atoms with Crippen LogP contribution >= 0.6 is 0 Å². The van der Waals surface area contributed by atoms with Crippen molar-refractivity contribution in [2.24, 2.45) is 0 Å². The predicted molar refractivity (Wildman–Crippen MR) is 86.5 cm³/mol. The van der Waals surface area contributed by atoms with Crippen molar-refractivity contribution in [3.05, 3.63) is 59.6 Å². The van der Waals surface area contributed by atoms with Crippen molar-refractivity contribution in [1.29, 1.82) is 0 Å². The minimum Gasteiger partial charge on any atom is -0.457 e. The first kappa shape index (κ1) is 14.4. The van der Waals surface area contributed by atoms with Crippen molar-refractivity contribution in [3.8, 4) is 0 Å². The summed E-state index contributed by atoms with van der Waals surface area (Å²) in [5, 5.41) is 5.64. The van der Waals surface area contributed by atoms with Crippen LogP contribution in [0.25, 0.3) is 22.1 Å². The summed E-state index contributed by atoms with van der Waals surface area (Å²) in [6.07, 6.45) is 2.13. The number of esters is 1. The molecule has 0 unspecified atom stereocenters. The van der Waals surface area contributed by atoms with Crippen LogP contribution in [0.1, 0.15) is 28.7 Å². The highest BCUT2D eigenvalue weighted by atomic mass is 16.5. The number of para-hydroxylation sites is 1. The Labute approximate surface area is 137 Å². The molecule has 6 heteroatoms. The van der Waals surface area contributed by atoms with Gasteiger partial charge in [0, 0.05) is 11.6 Å². The lowest BCUT2D eigenvalue weighted by molar-refractivity contribution is 0.0447.